The molecule has 18 rings (SSSR count). The molecule has 0 aliphatic heterocycles. The van der Waals surface area contributed by atoms with E-state index in [1.807, 2.05) is 226 Å². The molecule has 0 saturated heterocycles. The number of para-hydroxylation sites is 1. The zero-order chi connectivity index (χ0) is 67.0. The van der Waals surface area contributed by atoms with Crippen molar-refractivity contribution in [2.45, 2.75) is 34.6 Å². The van der Waals surface area contributed by atoms with Gasteiger partial charge in [0.15, 0.2) is 0 Å². The summed E-state index contributed by atoms with van der Waals surface area (Å²) < 4.78 is 11.0. The van der Waals surface area contributed by atoms with E-state index in [1.54, 1.807) is 0 Å². The Hall–Kier alpha value is -9.93. The summed E-state index contributed by atoms with van der Waals surface area (Å²) in [4.78, 5) is 26.2. The zero-order valence-electron chi connectivity index (χ0n) is 55.7. The maximum absolute atomic E-state index is 5.82. The number of hydrogen-bond acceptors (Lipinski definition) is 9. The molecule has 501 valence electrons. The minimum absolute atomic E-state index is 0. The van der Waals surface area contributed by atoms with Crippen molar-refractivity contribution in [3.8, 4) is 67.5 Å². The number of thiophene rings is 2. The van der Waals surface area contributed by atoms with Gasteiger partial charge in [0.2, 0.25) is 0 Å². The molecule has 0 aliphatic rings. The Kier molecular flexibility index (Phi) is 26.2. The molecule has 0 atom stereocenters. The second-order valence-electron chi connectivity index (χ2n) is 23.3. The van der Waals surface area contributed by atoms with E-state index in [4.69, 9.17) is 4.42 Å². The minimum atomic E-state index is 0. The molecule has 3 radical (unpaired) electrons. The SMILES string of the molecule is Cc1ccc(-c2[c-]cccc2)nc1.Cc1ccc(-c2[c-]cccc2)nc1.Cc1ccc(-c2[c-]cccc2)nc1.Cc1ccnc(-c2[c-]cc3oc4ccccc4c3c2)c1.Cc1ccnc(-c2[c-]cc3sc4ccccc4c3c2)c1.[Ir].[Ir].[Ir].[c-]1cc2sc3ccccc3c2cc1-c1ccccn1. The van der Waals surface area contributed by atoms with Crippen LogP contribution < -0.4 is 0 Å². The smallest absolute Gasteiger partial charge is 0.120 e. The van der Waals surface area contributed by atoms with Crippen LogP contribution in [0.2, 0.25) is 0 Å². The van der Waals surface area contributed by atoms with Crippen LogP contribution in [0.15, 0.2) is 302 Å². The molecule has 9 aromatic carbocycles. The molecule has 0 bridgehead atoms. The van der Waals surface area contributed by atoms with Crippen LogP contribution in [0, 0.1) is 71.0 Å². The van der Waals surface area contributed by atoms with Crippen molar-refractivity contribution >= 4 is 85.0 Å². The van der Waals surface area contributed by atoms with E-state index in [0.717, 1.165) is 89.5 Å². The molecule has 12 heteroatoms. The fourth-order valence-corrected chi connectivity index (χ4v) is 13.0. The first kappa shape index (κ1) is 73.8. The molecule has 0 aliphatic carbocycles. The van der Waals surface area contributed by atoms with Gasteiger partial charge in [-0.3, -0.25) is 0 Å². The van der Waals surface area contributed by atoms with Crippen LogP contribution >= 0.6 is 22.7 Å². The van der Waals surface area contributed by atoms with Crippen molar-refractivity contribution in [1.29, 1.82) is 0 Å². The number of benzene rings is 9. The van der Waals surface area contributed by atoms with Gasteiger partial charge in [-0.2, -0.15) is 22.7 Å². The first-order chi connectivity index (χ1) is 48.1. The third-order valence-corrected chi connectivity index (χ3v) is 18.2. The summed E-state index contributed by atoms with van der Waals surface area (Å²) >= 11 is 3.63. The normalized spacial score (nSPS) is 10.4. The van der Waals surface area contributed by atoms with Gasteiger partial charge < -0.3 is 34.3 Å². The molecule has 9 heterocycles. The molecule has 0 N–H and O–H groups in total. The summed E-state index contributed by atoms with van der Waals surface area (Å²) in [5.41, 5.74) is 19.8. The van der Waals surface area contributed by atoms with Crippen LogP contribution in [0.3, 0.4) is 0 Å². The predicted molar refractivity (Wildman–Crippen MR) is 408 cm³/mol. The Labute approximate surface area is 638 Å². The number of aryl methyl sites for hydroxylation is 5. The quantitative estimate of drug-likeness (QED) is 0.153. The van der Waals surface area contributed by atoms with E-state index in [1.165, 1.54) is 68.2 Å². The van der Waals surface area contributed by atoms with E-state index in [9.17, 15) is 0 Å². The first-order valence-electron chi connectivity index (χ1n) is 32.1. The molecule has 101 heavy (non-hydrogen) atoms. The Morgan fingerprint density at radius 1 is 0.257 bits per heavy atom. The van der Waals surface area contributed by atoms with Gasteiger partial charge in [-0.25, -0.2) is 0 Å². The minimum Gasteiger partial charge on any atom is -0.500 e. The van der Waals surface area contributed by atoms with Gasteiger partial charge in [0.1, 0.15) is 5.58 Å². The summed E-state index contributed by atoms with van der Waals surface area (Å²) in [5, 5.41) is 7.45. The van der Waals surface area contributed by atoms with Gasteiger partial charge in [0, 0.05) is 112 Å². The summed E-state index contributed by atoms with van der Waals surface area (Å²) in [5.74, 6) is 0. The maximum atomic E-state index is 5.82. The van der Waals surface area contributed by atoms with Gasteiger partial charge in [-0.15, -0.1) is 179 Å². The molecule has 0 fully saturated rings. The fourth-order valence-electron chi connectivity index (χ4n) is 10.9. The van der Waals surface area contributed by atoms with Gasteiger partial charge in [-0.1, -0.05) is 143 Å². The maximum Gasteiger partial charge on any atom is 0.120 e. The summed E-state index contributed by atoms with van der Waals surface area (Å²) in [6.45, 7) is 10.3. The number of hydrogen-bond donors (Lipinski definition) is 0. The van der Waals surface area contributed by atoms with Crippen LogP contribution in [0.5, 0.6) is 0 Å². The second-order valence-corrected chi connectivity index (χ2v) is 25.5. The van der Waals surface area contributed by atoms with Gasteiger partial charge in [0.05, 0.1) is 5.58 Å². The van der Waals surface area contributed by atoms with Crippen molar-refractivity contribution in [2.75, 3.05) is 0 Å². The van der Waals surface area contributed by atoms with Crippen molar-refractivity contribution in [1.82, 2.24) is 29.9 Å². The predicted octanol–water partition coefficient (Wildman–Crippen LogP) is 23.5. The molecule has 7 nitrogen and oxygen atoms in total. The van der Waals surface area contributed by atoms with E-state index >= 15 is 0 Å². The Morgan fingerprint density at radius 2 is 0.644 bits per heavy atom. The number of furan rings is 1. The van der Waals surface area contributed by atoms with Crippen LogP contribution in [0.4, 0.5) is 0 Å². The van der Waals surface area contributed by atoms with Crippen molar-refractivity contribution in [3.05, 3.63) is 362 Å². The fraction of sp³-hybridized carbons (Fsp3) is 0.0562. The van der Waals surface area contributed by atoms with Crippen molar-refractivity contribution in [3.63, 3.8) is 0 Å². The molecule has 9 aromatic heterocycles. The Balaban J connectivity index is 0.000000131. The molecule has 0 amide bonds. The number of nitrogens with zero attached hydrogens (tertiary/aromatic N) is 6. The average Bonchev–Trinajstić information content (AvgIpc) is 1.71. The standard InChI is InChI=1S/C18H12NO.C18H12NS.C17H10NS.3C12H10N.3Ir/c2*1-12-8-9-19-16(10-12)13-6-7-18-15(11-13)14-4-2-3-5-17(14)20-18;1-2-7-16-13(5-1)14-11-12(8-9-17(14)19-16)15-6-3-4-10-18-15;3*1-10-7-8-12(13-9-10)11-5-3-2-4-6-11;;;/h2*2-5,7-11H,1H3;1-7,9-11H;3*2-5,7-9H,1H3;;;/q6*-1;;;. The Bertz CT molecular complexity index is 5280. The van der Waals surface area contributed by atoms with Crippen LogP contribution in [-0.4, -0.2) is 29.9 Å². The van der Waals surface area contributed by atoms with Gasteiger partial charge >= 0.3 is 0 Å². The van der Waals surface area contributed by atoms with Crippen LogP contribution in [0.25, 0.3) is 130 Å². The van der Waals surface area contributed by atoms with Crippen LogP contribution in [0.1, 0.15) is 27.8 Å². The molecule has 0 saturated carbocycles. The zero-order valence-corrected chi connectivity index (χ0v) is 64.5. The third kappa shape index (κ3) is 18.9. The summed E-state index contributed by atoms with van der Waals surface area (Å²) in [6, 6.07) is 107. The average molecular weight is 1870 g/mol. The third-order valence-electron chi connectivity index (χ3n) is 15.9. The van der Waals surface area contributed by atoms with Gasteiger partial charge in [0.25, 0.3) is 0 Å². The topological polar surface area (TPSA) is 90.5 Å². The molecular formula is C89H64Ir3N6OS2-6. The van der Waals surface area contributed by atoms with Crippen molar-refractivity contribution in [2.24, 2.45) is 0 Å². The summed E-state index contributed by atoms with van der Waals surface area (Å²) in [7, 11) is 0. The van der Waals surface area contributed by atoms with E-state index in [0.29, 0.717) is 0 Å². The number of aromatic nitrogens is 6. The number of pyridine rings is 6. The van der Waals surface area contributed by atoms with Crippen molar-refractivity contribution < 1.29 is 64.7 Å². The second kappa shape index (κ2) is 35.9. The molecule has 18 aromatic rings. The summed E-state index contributed by atoms with van der Waals surface area (Å²) in [6.07, 6.45) is 11.1. The molecular weight excluding hydrogens is 1810 g/mol. The molecule has 0 unspecified atom stereocenters. The largest absolute Gasteiger partial charge is 0.500 e. The number of rotatable bonds is 6. The molecule has 0 spiro atoms. The first-order valence-corrected chi connectivity index (χ1v) is 33.7. The Morgan fingerprint density at radius 3 is 1.06 bits per heavy atom. The number of fused-ring (bicyclic) bond motifs is 9. The van der Waals surface area contributed by atoms with E-state index in [-0.39, 0.29) is 60.3 Å². The van der Waals surface area contributed by atoms with E-state index < -0.39 is 0 Å². The van der Waals surface area contributed by atoms with E-state index in [2.05, 4.69) is 195 Å². The van der Waals surface area contributed by atoms with Gasteiger partial charge in [-0.05, 0) is 142 Å². The monoisotopic (exact) mass is 1880 g/mol. The van der Waals surface area contributed by atoms with Crippen LogP contribution in [-0.2, 0) is 60.3 Å².